The Kier molecular flexibility index (Phi) is 5.32. The van der Waals surface area contributed by atoms with E-state index < -0.39 is 0 Å². The summed E-state index contributed by atoms with van der Waals surface area (Å²) in [5.41, 5.74) is 1.09. The predicted octanol–water partition coefficient (Wildman–Crippen LogP) is 2.50. The van der Waals surface area contributed by atoms with Crippen LogP contribution in [0, 0.1) is 0 Å². The van der Waals surface area contributed by atoms with Gasteiger partial charge in [-0.2, -0.15) is 0 Å². The summed E-state index contributed by atoms with van der Waals surface area (Å²) in [4.78, 5) is 0. The maximum absolute atomic E-state index is 9.38. The van der Waals surface area contributed by atoms with Crippen LogP contribution < -0.4 is 0 Å². The van der Waals surface area contributed by atoms with Gasteiger partial charge >= 0.3 is 0 Å². The van der Waals surface area contributed by atoms with Crippen molar-refractivity contribution in [2.75, 3.05) is 0 Å². The van der Waals surface area contributed by atoms with Gasteiger partial charge in [-0.1, -0.05) is 25.8 Å². The van der Waals surface area contributed by atoms with Crippen molar-refractivity contribution >= 4 is 0 Å². The van der Waals surface area contributed by atoms with Crippen LogP contribution in [0.2, 0.25) is 0 Å². The fourth-order valence-electron chi connectivity index (χ4n) is 0.818. The second-order valence-electron chi connectivity index (χ2n) is 2.69. The first-order valence-corrected chi connectivity index (χ1v) is 4.03. The van der Waals surface area contributed by atoms with Crippen molar-refractivity contribution in [1.29, 1.82) is 0 Å². The van der Waals surface area contributed by atoms with E-state index in [9.17, 15) is 5.11 Å². The van der Waals surface area contributed by atoms with Crippen LogP contribution in [0.25, 0.3) is 0 Å². The molecule has 0 aliphatic carbocycles. The van der Waals surface area contributed by atoms with E-state index in [1.165, 1.54) is 0 Å². The Hall–Kier alpha value is -0.300. The van der Waals surface area contributed by atoms with Crippen LogP contribution in [-0.2, 0) is 0 Å². The number of rotatable bonds is 4. The van der Waals surface area contributed by atoms with Crippen molar-refractivity contribution in [3.05, 3.63) is 11.6 Å². The lowest BCUT2D eigenvalue weighted by molar-refractivity contribution is 0.197. The molecule has 0 saturated heterocycles. The van der Waals surface area contributed by atoms with Crippen molar-refractivity contribution < 1.29 is 5.11 Å². The molecule has 10 heavy (non-hydrogen) atoms. The predicted molar refractivity (Wildman–Crippen MR) is 45.0 cm³/mol. The van der Waals surface area contributed by atoms with E-state index in [-0.39, 0.29) is 6.10 Å². The third kappa shape index (κ3) is 3.67. The smallest absolute Gasteiger partial charge is 0.0747 e. The van der Waals surface area contributed by atoms with Crippen molar-refractivity contribution in [2.24, 2.45) is 0 Å². The maximum Gasteiger partial charge on any atom is 0.0747 e. The summed E-state index contributed by atoms with van der Waals surface area (Å²) in [5.74, 6) is 0. The molecule has 60 valence electrons. The van der Waals surface area contributed by atoms with Gasteiger partial charge in [0.25, 0.3) is 0 Å². The van der Waals surface area contributed by atoms with E-state index in [2.05, 4.69) is 6.92 Å². The monoisotopic (exact) mass is 142 g/mol. The summed E-state index contributed by atoms with van der Waals surface area (Å²) in [7, 11) is 0. The average molecular weight is 142 g/mol. The van der Waals surface area contributed by atoms with E-state index in [1.54, 1.807) is 0 Å². The fraction of sp³-hybridized carbons (Fsp3) is 0.778. The molecular weight excluding hydrogens is 124 g/mol. The van der Waals surface area contributed by atoms with Gasteiger partial charge in [0.2, 0.25) is 0 Å². The van der Waals surface area contributed by atoms with Gasteiger partial charge in [0.15, 0.2) is 0 Å². The molecule has 0 aromatic rings. The quantitative estimate of drug-likeness (QED) is 0.598. The fourth-order valence-corrected chi connectivity index (χ4v) is 0.818. The molecule has 1 unspecified atom stereocenters. The molecule has 0 rings (SSSR count). The van der Waals surface area contributed by atoms with Gasteiger partial charge in [0.05, 0.1) is 6.10 Å². The van der Waals surface area contributed by atoms with Gasteiger partial charge in [-0.15, -0.1) is 0 Å². The first kappa shape index (κ1) is 9.70. The van der Waals surface area contributed by atoms with Crippen molar-refractivity contribution in [2.45, 2.75) is 46.1 Å². The molecule has 0 aromatic carbocycles. The highest BCUT2D eigenvalue weighted by Gasteiger charge is 2.02. The molecule has 1 N–H and O–H groups in total. The van der Waals surface area contributed by atoms with Crippen molar-refractivity contribution in [3.8, 4) is 0 Å². The van der Waals surface area contributed by atoms with Gasteiger partial charge in [-0.05, 0) is 25.8 Å². The van der Waals surface area contributed by atoms with Crippen molar-refractivity contribution in [1.82, 2.24) is 0 Å². The number of aliphatic hydroxyl groups excluding tert-OH is 1. The highest BCUT2D eigenvalue weighted by Crippen LogP contribution is 2.08. The molecule has 0 radical (unpaired) electrons. The Labute approximate surface area is 63.8 Å². The number of allylic oxidation sites excluding steroid dienone is 1. The molecule has 0 saturated carbocycles. The van der Waals surface area contributed by atoms with Crippen LogP contribution >= 0.6 is 0 Å². The van der Waals surface area contributed by atoms with E-state index in [0.29, 0.717) is 0 Å². The highest BCUT2D eigenvalue weighted by molar-refractivity contribution is 5.02. The Morgan fingerprint density at radius 1 is 1.60 bits per heavy atom. The first-order valence-electron chi connectivity index (χ1n) is 4.03. The van der Waals surface area contributed by atoms with Crippen LogP contribution in [0.5, 0.6) is 0 Å². The Morgan fingerprint density at radius 2 is 2.20 bits per heavy atom. The van der Waals surface area contributed by atoms with Crippen LogP contribution in [-0.4, -0.2) is 11.2 Å². The van der Waals surface area contributed by atoms with E-state index in [0.717, 1.165) is 24.8 Å². The van der Waals surface area contributed by atoms with Gasteiger partial charge in [0.1, 0.15) is 0 Å². The van der Waals surface area contributed by atoms with Gasteiger partial charge < -0.3 is 5.11 Å². The summed E-state index contributed by atoms with van der Waals surface area (Å²) < 4.78 is 0. The largest absolute Gasteiger partial charge is 0.389 e. The third-order valence-electron chi connectivity index (χ3n) is 1.81. The second kappa shape index (κ2) is 5.48. The zero-order valence-corrected chi connectivity index (χ0v) is 7.22. The summed E-state index contributed by atoms with van der Waals surface area (Å²) >= 11 is 0. The Bertz CT molecular complexity index is 105. The zero-order chi connectivity index (χ0) is 7.98. The van der Waals surface area contributed by atoms with Crippen molar-refractivity contribution in [3.63, 3.8) is 0 Å². The number of unbranched alkanes of at least 4 members (excludes halogenated alkanes) is 1. The SMILES string of the molecule is C/C=C(\C)C(O)CCCC. The minimum atomic E-state index is -0.204. The molecule has 0 aromatic heterocycles. The molecular formula is C9H18O. The molecule has 1 heteroatoms. The average Bonchev–Trinajstić information content (AvgIpc) is 1.98. The number of hydrogen-bond donors (Lipinski definition) is 1. The second-order valence-corrected chi connectivity index (χ2v) is 2.69. The molecule has 1 nitrogen and oxygen atoms in total. The zero-order valence-electron chi connectivity index (χ0n) is 7.22. The number of aliphatic hydroxyl groups is 1. The number of hydrogen-bond acceptors (Lipinski definition) is 1. The molecule has 0 spiro atoms. The summed E-state index contributed by atoms with van der Waals surface area (Å²) in [6, 6.07) is 0. The van der Waals surface area contributed by atoms with E-state index >= 15 is 0 Å². The van der Waals surface area contributed by atoms with E-state index in [4.69, 9.17) is 0 Å². The molecule has 0 aliphatic heterocycles. The normalized spacial score (nSPS) is 15.4. The molecule has 0 bridgehead atoms. The van der Waals surface area contributed by atoms with Crippen LogP contribution in [0.1, 0.15) is 40.0 Å². The lowest BCUT2D eigenvalue weighted by Gasteiger charge is -2.08. The molecule has 1 atom stereocenters. The summed E-state index contributed by atoms with van der Waals surface area (Å²) in [5, 5.41) is 9.38. The summed E-state index contributed by atoms with van der Waals surface area (Å²) in [6.07, 6.45) is 4.96. The minimum absolute atomic E-state index is 0.204. The lowest BCUT2D eigenvalue weighted by atomic mass is 10.1. The lowest BCUT2D eigenvalue weighted by Crippen LogP contribution is -2.06. The summed E-state index contributed by atoms with van der Waals surface area (Å²) in [6.45, 7) is 6.07. The Morgan fingerprint density at radius 3 is 2.60 bits per heavy atom. The highest BCUT2D eigenvalue weighted by atomic mass is 16.3. The molecule has 0 fully saturated rings. The van der Waals surface area contributed by atoms with E-state index in [1.807, 2.05) is 19.9 Å². The molecule has 0 aliphatic rings. The van der Waals surface area contributed by atoms with Gasteiger partial charge in [-0.25, -0.2) is 0 Å². The van der Waals surface area contributed by atoms with Gasteiger partial charge in [0, 0.05) is 0 Å². The first-order chi connectivity index (χ1) is 4.72. The maximum atomic E-state index is 9.38. The molecule has 0 heterocycles. The topological polar surface area (TPSA) is 20.2 Å². The van der Waals surface area contributed by atoms with Crippen LogP contribution in [0.4, 0.5) is 0 Å². The Balaban J connectivity index is 3.51. The third-order valence-corrected chi connectivity index (χ3v) is 1.81. The standard InChI is InChI=1S/C9H18O/c1-4-6-7-9(10)8(3)5-2/h5,9-10H,4,6-7H2,1-3H3/b8-5+. The molecule has 0 amide bonds. The minimum Gasteiger partial charge on any atom is -0.389 e. The van der Waals surface area contributed by atoms with Crippen LogP contribution in [0.3, 0.4) is 0 Å². The van der Waals surface area contributed by atoms with Crippen LogP contribution in [0.15, 0.2) is 11.6 Å². The van der Waals surface area contributed by atoms with Gasteiger partial charge in [-0.3, -0.25) is 0 Å².